The van der Waals surface area contributed by atoms with Gasteiger partial charge in [0, 0.05) is 13.6 Å². The first kappa shape index (κ1) is 14.0. The van der Waals surface area contributed by atoms with E-state index in [9.17, 15) is 9.59 Å². The molecule has 0 saturated heterocycles. The first-order chi connectivity index (χ1) is 8.45. The smallest absolute Gasteiger partial charge is 0.340 e. The number of hydrogen-bond donors (Lipinski definition) is 1. The number of ether oxygens (including phenoxy) is 1. The van der Waals surface area contributed by atoms with Gasteiger partial charge in [-0.15, -0.1) is 0 Å². The Morgan fingerprint density at radius 3 is 2.78 bits per heavy atom. The quantitative estimate of drug-likeness (QED) is 0.792. The summed E-state index contributed by atoms with van der Waals surface area (Å²) in [5.41, 5.74) is 6.72. The van der Waals surface area contributed by atoms with Crippen LogP contribution in [0.15, 0.2) is 12.3 Å². The fraction of sp³-hybridized carbons (Fsp3) is 0.417. The van der Waals surface area contributed by atoms with E-state index in [-0.39, 0.29) is 18.1 Å². The Hall–Kier alpha value is -2.11. The molecule has 1 heterocycles. The molecule has 18 heavy (non-hydrogen) atoms. The summed E-state index contributed by atoms with van der Waals surface area (Å²) >= 11 is 0. The molecular weight excluding hydrogens is 234 g/mol. The van der Waals surface area contributed by atoms with Crippen LogP contribution in [-0.4, -0.2) is 42.0 Å². The molecule has 6 heteroatoms. The van der Waals surface area contributed by atoms with Crippen molar-refractivity contribution < 1.29 is 14.3 Å². The van der Waals surface area contributed by atoms with Crippen LogP contribution < -0.4 is 5.73 Å². The largest absolute Gasteiger partial charge is 0.452 e. The molecule has 0 unspecified atom stereocenters. The van der Waals surface area contributed by atoms with E-state index in [1.54, 1.807) is 14.0 Å². The van der Waals surface area contributed by atoms with Crippen LogP contribution in [0.3, 0.4) is 0 Å². The van der Waals surface area contributed by atoms with Crippen molar-refractivity contribution >= 4 is 17.6 Å². The molecule has 0 radical (unpaired) electrons. The summed E-state index contributed by atoms with van der Waals surface area (Å²) in [5, 5.41) is 0. The lowest BCUT2D eigenvalue weighted by Crippen LogP contribution is -2.31. The second kappa shape index (κ2) is 6.00. The molecule has 6 nitrogen and oxygen atoms in total. The van der Waals surface area contributed by atoms with Gasteiger partial charge in [-0.3, -0.25) is 9.78 Å². The van der Waals surface area contributed by atoms with Crippen molar-refractivity contribution in [3.8, 4) is 0 Å². The number of nitrogens with zero attached hydrogens (tertiary/aromatic N) is 2. The number of nitrogens with two attached hydrogens (primary N) is 1. The topological polar surface area (TPSA) is 85.5 Å². The number of anilines is 1. The van der Waals surface area contributed by atoms with E-state index in [1.807, 2.05) is 6.92 Å². The number of aromatic nitrogens is 1. The lowest BCUT2D eigenvalue weighted by molar-refractivity contribution is -0.133. The third-order valence-corrected chi connectivity index (χ3v) is 2.55. The van der Waals surface area contributed by atoms with Gasteiger partial charge in [0.1, 0.15) is 0 Å². The molecule has 0 aliphatic heterocycles. The number of likely N-dealkylation sites (N-methyl/N-ethyl adjacent to an activating group) is 1. The predicted octanol–water partition coefficient (Wildman–Crippen LogP) is 0.607. The summed E-state index contributed by atoms with van der Waals surface area (Å²) in [6.45, 7) is 3.80. The third kappa shape index (κ3) is 3.44. The Balaban J connectivity index is 2.66. The van der Waals surface area contributed by atoms with Gasteiger partial charge in [-0.05, 0) is 19.9 Å². The maximum atomic E-state index is 11.7. The van der Waals surface area contributed by atoms with Gasteiger partial charge in [0.15, 0.2) is 6.61 Å². The zero-order valence-electron chi connectivity index (χ0n) is 10.8. The van der Waals surface area contributed by atoms with Crippen molar-refractivity contribution in [2.24, 2.45) is 0 Å². The van der Waals surface area contributed by atoms with Crippen molar-refractivity contribution in [1.29, 1.82) is 0 Å². The van der Waals surface area contributed by atoms with E-state index >= 15 is 0 Å². The highest BCUT2D eigenvalue weighted by Crippen LogP contribution is 2.10. The summed E-state index contributed by atoms with van der Waals surface area (Å²) in [5.74, 6) is -0.842. The zero-order chi connectivity index (χ0) is 13.7. The molecule has 0 aromatic carbocycles. The summed E-state index contributed by atoms with van der Waals surface area (Å²) in [4.78, 5) is 28.6. The SMILES string of the molecule is CCN(C)C(=O)COC(=O)c1cc(N)cnc1C. The summed E-state index contributed by atoms with van der Waals surface area (Å²) in [7, 11) is 1.64. The van der Waals surface area contributed by atoms with Crippen LogP contribution in [0.25, 0.3) is 0 Å². The molecule has 0 saturated carbocycles. The number of esters is 1. The lowest BCUT2D eigenvalue weighted by Gasteiger charge is -2.14. The number of amides is 1. The Morgan fingerprint density at radius 2 is 2.17 bits per heavy atom. The first-order valence-corrected chi connectivity index (χ1v) is 5.59. The number of aryl methyl sites for hydroxylation is 1. The fourth-order valence-electron chi connectivity index (χ4n) is 1.25. The second-order valence-corrected chi connectivity index (χ2v) is 3.89. The lowest BCUT2D eigenvalue weighted by atomic mass is 10.2. The van der Waals surface area contributed by atoms with Crippen molar-refractivity contribution in [3.05, 3.63) is 23.5 Å². The fourth-order valence-corrected chi connectivity index (χ4v) is 1.25. The van der Waals surface area contributed by atoms with Gasteiger partial charge in [0.2, 0.25) is 0 Å². The minimum atomic E-state index is -0.592. The second-order valence-electron chi connectivity index (χ2n) is 3.89. The molecular formula is C12H17N3O3. The third-order valence-electron chi connectivity index (χ3n) is 2.55. The number of nitrogen functional groups attached to an aromatic ring is 1. The Kier molecular flexibility index (Phi) is 4.65. The van der Waals surface area contributed by atoms with Crippen LogP contribution in [0.1, 0.15) is 23.0 Å². The van der Waals surface area contributed by atoms with E-state index in [2.05, 4.69) is 4.98 Å². The monoisotopic (exact) mass is 251 g/mol. The highest BCUT2D eigenvalue weighted by molar-refractivity contribution is 5.93. The van der Waals surface area contributed by atoms with Crippen LogP contribution in [0, 0.1) is 6.92 Å². The van der Waals surface area contributed by atoms with Gasteiger partial charge in [0.25, 0.3) is 5.91 Å². The van der Waals surface area contributed by atoms with Gasteiger partial charge in [-0.2, -0.15) is 0 Å². The summed E-state index contributed by atoms with van der Waals surface area (Å²) in [6.07, 6.45) is 1.46. The van der Waals surface area contributed by atoms with Crippen molar-refractivity contribution in [2.75, 3.05) is 25.9 Å². The molecule has 0 bridgehead atoms. The molecule has 1 amide bonds. The van der Waals surface area contributed by atoms with Gasteiger partial charge in [-0.25, -0.2) is 4.79 Å². The van der Waals surface area contributed by atoms with Crippen molar-refractivity contribution in [3.63, 3.8) is 0 Å². The average molecular weight is 251 g/mol. The maximum absolute atomic E-state index is 11.7. The molecule has 1 rings (SSSR count). The van der Waals surface area contributed by atoms with E-state index in [0.717, 1.165) is 0 Å². The van der Waals surface area contributed by atoms with Crippen LogP contribution in [0.5, 0.6) is 0 Å². The highest BCUT2D eigenvalue weighted by atomic mass is 16.5. The number of hydrogen-bond acceptors (Lipinski definition) is 5. The molecule has 0 fully saturated rings. The number of pyridine rings is 1. The molecule has 0 spiro atoms. The number of rotatable bonds is 4. The Bertz CT molecular complexity index is 460. The normalized spacial score (nSPS) is 9.94. The highest BCUT2D eigenvalue weighted by Gasteiger charge is 2.15. The molecule has 1 aromatic rings. The Morgan fingerprint density at radius 1 is 1.50 bits per heavy atom. The van der Waals surface area contributed by atoms with E-state index in [0.29, 0.717) is 17.9 Å². The zero-order valence-corrected chi connectivity index (χ0v) is 10.8. The standard InChI is InChI=1S/C12H17N3O3/c1-4-15(3)11(16)7-18-12(17)10-5-9(13)6-14-8(10)2/h5-6H,4,7,13H2,1-3H3. The van der Waals surface area contributed by atoms with Gasteiger partial charge in [-0.1, -0.05) is 0 Å². The van der Waals surface area contributed by atoms with Crippen molar-refractivity contribution in [2.45, 2.75) is 13.8 Å². The minimum Gasteiger partial charge on any atom is -0.452 e. The van der Waals surface area contributed by atoms with Gasteiger partial charge < -0.3 is 15.4 Å². The van der Waals surface area contributed by atoms with Gasteiger partial charge >= 0.3 is 5.97 Å². The summed E-state index contributed by atoms with van der Waals surface area (Å²) < 4.78 is 4.92. The van der Waals surface area contributed by atoms with E-state index in [4.69, 9.17) is 10.5 Å². The molecule has 98 valence electrons. The average Bonchev–Trinajstić information content (AvgIpc) is 2.37. The molecule has 0 atom stereocenters. The van der Waals surface area contributed by atoms with Crippen molar-refractivity contribution in [1.82, 2.24) is 9.88 Å². The van der Waals surface area contributed by atoms with Crippen LogP contribution in [-0.2, 0) is 9.53 Å². The van der Waals surface area contributed by atoms with Crippen LogP contribution in [0.2, 0.25) is 0 Å². The molecule has 2 N–H and O–H groups in total. The first-order valence-electron chi connectivity index (χ1n) is 5.59. The minimum absolute atomic E-state index is 0.250. The van der Waals surface area contributed by atoms with Crippen LogP contribution in [0.4, 0.5) is 5.69 Å². The molecule has 0 aliphatic rings. The van der Waals surface area contributed by atoms with E-state index in [1.165, 1.54) is 17.2 Å². The number of carbonyl (C=O) groups excluding carboxylic acids is 2. The van der Waals surface area contributed by atoms with E-state index < -0.39 is 5.97 Å². The number of carbonyl (C=O) groups is 2. The predicted molar refractivity (Wildman–Crippen MR) is 67.0 cm³/mol. The summed E-state index contributed by atoms with van der Waals surface area (Å²) in [6, 6.07) is 1.48. The molecule has 1 aromatic heterocycles. The Labute approximate surface area is 106 Å². The van der Waals surface area contributed by atoms with Crippen LogP contribution >= 0.6 is 0 Å². The van der Waals surface area contributed by atoms with Gasteiger partial charge in [0.05, 0.1) is 23.1 Å². The molecule has 0 aliphatic carbocycles. The maximum Gasteiger partial charge on any atom is 0.340 e.